The van der Waals surface area contributed by atoms with Crippen LogP contribution in [0.3, 0.4) is 0 Å². The third kappa shape index (κ3) is 2.01. The molecule has 4 nitrogen and oxygen atoms in total. The van der Waals surface area contributed by atoms with Gasteiger partial charge in [-0.1, -0.05) is 0 Å². The number of nitriles is 1. The van der Waals surface area contributed by atoms with Gasteiger partial charge in [0.15, 0.2) is 12.4 Å². The third-order valence-corrected chi connectivity index (χ3v) is 2.02. The Labute approximate surface area is 91.3 Å². The molecule has 0 aliphatic heterocycles. The van der Waals surface area contributed by atoms with Gasteiger partial charge in [0.1, 0.15) is 17.6 Å². The summed E-state index contributed by atoms with van der Waals surface area (Å²) in [7, 11) is 0. The predicted octanol–water partition coefficient (Wildman–Crippen LogP) is 2.12. The van der Waals surface area contributed by atoms with Crippen LogP contribution < -0.4 is 4.74 Å². The lowest BCUT2D eigenvalue weighted by molar-refractivity contribution is 0.370. The Bertz CT molecular complexity index is 513. The standard InChI is InChI=1S/C11H8FN3O/c12-9-3-1-8(2-4-9)11-10(7-14-15-11)16-6-5-13/h1-4,7H,6H2,(H,14,15). The molecule has 0 aliphatic carbocycles. The minimum absolute atomic E-state index is 0.0479. The van der Waals surface area contributed by atoms with E-state index < -0.39 is 0 Å². The molecule has 0 amide bonds. The maximum atomic E-state index is 12.7. The van der Waals surface area contributed by atoms with E-state index in [1.807, 2.05) is 6.07 Å². The molecule has 2 rings (SSSR count). The second-order valence-electron chi connectivity index (χ2n) is 3.05. The Morgan fingerprint density at radius 2 is 2.12 bits per heavy atom. The molecule has 0 atom stereocenters. The highest BCUT2D eigenvalue weighted by molar-refractivity contribution is 5.65. The quantitative estimate of drug-likeness (QED) is 0.856. The van der Waals surface area contributed by atoms with Gasteiger partial charge in [-0.2, -0.15) is 10.4 Å². The average molecular weight is 217 g/mol. The lowest BCUT2D eigenvalue weighted by Gasteiger charge is -2.01. The van der Waals surface area contributed by atoms with Crippen LogP contribution in [0.4, 0.5) is 4.39 Å². The fourth-order valence-corrected chi connectivity index (χ4v) is 1.31. The molecular weight excluding hydrogens is 209 g/mol. The molecule has 1 N–H and O–H groups in total. The maximum absolute atomic E-state index is 12.7. The zero-order valence-corrected chi connectivity index (χ0v) is 8.27. The summed E-state index contributed by atoms with van der Waals surface area (Å²) < 4.78 is 17.9. The summed E-state index contributed by atoms with van der Waals surface area (Å²) in [6.45, 7) is -0.0479. The molecule has 1 aromatic heterocycles. The molecule has 2 aromatic rings. The van der Waals surface area contributed by atoms with E-state index in [9.17, 15) is 4.39 Å². The smallest absolute Gasteiger partial charge is 0.174 e. The zero-order chi connectivity index (χ0) is 11.4. The van der Waals surface area contributed by atoms with Gasteiger partial charge in [-0.15, -0.1) is 0 Å². The summed E-state index contributed by atoms with van der Waals surface area (Å²) in [6, 6.07) is 7.76. The highest BCUT2D eigenvalue weighted by Gasteiger charge is 2.09. The van der Waals surface area contributed by atoms with Crippen LogP contribution in [0.1, 0.15) is 0 Å². The Morgan fingerprint density at radius 3 is 2.81 bits per heavy atom. The summed E-state index contributed by atoms with van der Waals surface area (Å²) in [5, 5.41) is 15.0. The first-order chi connectivity index (χ1) is 7.81. The van der Waals surface area contributed by atoms with E-state index in [4.69, 9.17) is 10.00 Å². The van der Waals surface area contributed by atoms with Crippen LogP contribution >= 0.6 is 0 Å². The Kier molecular flexibility index (Phi) is 2.83. The van der Waals surface area contributed by atoms with Crippen LogP contribution in [-0.2, 0) is 0 Å². The van der Waals surface area contributed by atoms with Crippen molar-refractivity contribution in [3.05, 3.63) is 36.3 Å². The van der Waals surface area contributed by atoms with Gasteiger partial charge in [0.25, 0.3) is 0 Å². The van der Waals surface area contributed by atoms with Crippen LogP contribution in [0.25, 0.3) is 11.3 Å². The molecule has 16 heavy (non-hydrogen) atoms. The number of halogens is 1. The number of aromatic nitrogens is 2. The monoisotopic (exact) mass is 217 g/mol. The minimum atomic E-state index is -0.307. The summed E-state index contributed by atoms with van der Waals surface area (Å²) in [4.78, 5) is 0. The number of rotatable bonds is 3. The van der Waals surface area contributed by atoms with Crippen molar-refractivity contribution in [2.45, 2.75) is 0 Å². The van der Waals surface area contributed by atoms with E-state index >= 15 is 0 Å². The molecule has 0 saturated carbocycles. The highest BCUT2D eigenvalue weighted by atomic mass is 19.1. The van der Waals surface area contributed by atoms with Gasteiger partial charge in [0.2, 0.25) is 0 Å². The van der Waals surface area contributed by atoms with Crippen molar-refractivity contribution in [3.63, 3.8) is 0 Å². The number of hydrogen-bond acceptors (Lipinski definition) is 3. The Morgan fingerprint density at radius 1 is 1.38 bits per heavy atom. The van der Waals surface area contributed by atoms with Gasteiger partial charge in [-0.25, -0.2) is 4.39 Å². The lowest BCUT2D eigenvalue weighted by Crippen LogP contribution is -1.93. The number of benzene rings is 1. The molecule has 0 saturated heterocycles. The minimum Gasteiger partial charge on any atom is -0.475 e. The third-order valence-electron chi connectivity index (χ3n) is 2.02. The molecular formula is C11H8FN3O. The molecule has 1 heterocycles. The van der Waals surface area contributed by atoms with E-state index in [0.717, 1.165) is 5.56 Å². The Balaban J connectivity index is 2.30. The molecule has 0 fully saturated rings. The number of H-pyrrole nitrogens is 1. The SMILES string of the molecule is N#CCOc1c[nH]nc1-c1ccc(F)cc1. The van der Waals surface area contributed by atoms with Gasteiger partial charge in [0.05, 0.1) is 6.20 Å². The van der Waals surface area contributed by atoms with E-state index in [2.05, 4.69) is 10.2 Å². The highest BCUT2D eigenvalue weighted by Crippen LogP contribution is 2.27. The van der Waals surface area contributed by atoms with Crippen molar-refractivity contribution in [2.24, 2.45) is 0 Å². The van der Waals surface area contributed by atoms with Crippen LogP contribution in [-0.4, -0.2) is 16.8 Å². The molecule has 0 radical (unpaired) electrons. The number of aromatic amines is 1. The first-order valence-corrected chi connectivity index (χ1v) is 4.60. The molecule has 0 unspecified atom stereocenters. The van der Waals surface area contributed by atoms with Crippen molar-refractivity contribution in [1.29, 1.82) is 5.26 Å². The van der Waals surface area contributed by atoms with Gasteiger partial charge in [0, 0.05) is 5.56 Å². The van der Waals surface area contributed by atoms with E-state index in [-0.39, 0.29) is 12.4 Å². The number of nitrogens with one attached hydrogen (secondary N) is 1. The van der Waals surface area contributed by atoms with Crippen molar-refractivity contribution >= 4 is 0 Å². The molecule has 5 heteroatoms. The van der Waals surface area contributed by atoms with Crippen LogP contribution in [0, 0.1) is 17.1 Å². The van der Waals surface area contributed by atoms with E-state index in [1.165, 1.54) is 12.1 Å². The zero-order valence-electron chi connectivity index (χ0n) is 8.27. The first-order valence-electron chi connectivity index (χ1n) is 4.60. The van der Waals surface area contributed by atoms with Crippen molar-refractivity contribution in [3.8, 4) is 23.1 Å². The van der Waals surface area contributed by atoms with Crippen LogP contribution in [0.2, 0.25) is 0 Å². The van der Waals surface area contributed by atoms with Gasteiger partial charge < -0.3 is 4.74 Å². The average Bonchev–Trinajstić information content (AvgIpc) is 2.75. The number of nitrogens with zero attached hydrogens (tertiary/aromatic N) is 2. The largest absolute Gasteiger partial charge is 0.475 e. The summed E-state index contributed by atoms with van der Waals surface area (Å²) in [6.07, 6.45) is 1.55. The van der Waals surface area contributed by atoms with Crippen LogP contribution in [0.15, 0.2) is 30.5 Å². The van der Waals surface area contributed by atoms with Crippen molar-refractivity contribution in [1.82, 2.24) is 10.2 Å². The predicted molar refractivity (Wildman–Crippen MR) is 55.1 cm³/mol. The fourth-order valence-electron chi connectivity index (χ4n) is 1.31. The second-order valence-corrected chi connectivity index (χ2v) is 3.05. The van der Waals surface area contributed by atoms with Crippen LogP contribution in [0.5, 0.6) is 5.75 Å². The molecule has 0 aliphatic rings. The first kappa shape index (κ1) is 10.2. The molecule has 0 bridgehead atoms. The summed E-state index contributed by atoms with van der Waals surface area (Å²) in [5.41, 5.74) is 1.30. The molecule has 80 valence electrons. The van der Waals surface area contributed by atoms with Crippen molar-refractivity contribution < 1.29 is 9.13 Å². The topological polar surface area (TPSA) is 61.7 Å². The van der Waals surface area contributed by atoms with E-state index in [1.54, 1.807) is 18.3 Å². The van der Waals surface area contributed by atoms with E-state index in [0.29, 0.717) is 11.4 Å². The van der Waals surface area contributed by atoms with Gasteiger partial charge in [-0.05, 0) is 24.3 Å². The Hall–Kier alpha value is -2.35. The number of hydrogen-bond donors (Lipinski definition) is 1. The van der Waals surface area contributed by atoms with Gasteiger partial charge in [-0.3, -0.25) is 5.10 Å². The maximum Gasteiger partial charge on any atom is 0.174 e. The molecule has 1 aromatic carbocycles. The normalized spacial score (nSPS) is 9.75. The second kappa shape index (κ2) is 4.45. The van der Waals surface area contributed by atoms with Crippen molar-refractivity contribution in [2.75, 3.05) is 6.61 Å². The van der Waals surface area contributed by atoms with Gasteiger partial charge >= 0.3 is 0 Å². The summed E-state index contributed by atoms with van der Waals surface area (Å²) >= 11 is 0. The fraction of sp³-hybridized carbons (Fsp3) is 0.0909. The summed E-state index contributed by atoms with van der Waals surface area (Å²) in [5.74, 6) is 0.173. The lowest BCUT2D eigenvalue weighted by atomic mass is 10.1. The molecule has 0 spiro atoms. The number of ether oxygens (including phenoxy) is 1.